The van der Waals surface area contributed by atoms with Gasteiger partial charge < -0.3 is 20.3 Å². The van der Waals surface area contributed by atoms with Crippen LogP contribution in [0.1, 0.15) is 52.7 Å². The van der Waals surface area contributed by atoms with Crippen molar-refractivity contribution in [3.05, 3.63) is 65.2 Å². The summed E-state index contributed by atoms with van der Waals surface area (Å²) in [6, 6.07) is 15.0. The molecular formula is C23H29N3O3. The van der Waals surface area contributed by atoms with Crippen molar-refractivity contribution in [2.24, 2.45) is 5.92 Å². The molecule has 1 aliphatic rings. The summed E-state index contributed by atoms with van der Waals surface area (Å²) in [5, 5.41) is 6.37. The van der Waals surface area contributed by atoms with Crippen molar-refractivity contribution in [3.8, 4) is 0 Å². The van der Waals surface area contributed by atoms with E-state index in [0.29, 0.717) is 36.7 Å². The Bertz CT molecular complexity index is 849. The van der Waals surface area contributed by atoms with E-state index in [0.717, 1.165) is 17.7 Å². The van der Waals surface area contributed by atoms with Crippen LogP contribution in [0.4, 0.5) is 5.69 Å². The Labute approximate surface area is 172 Å². The summed E-state index contributed by atoms with van der Waals surface area (Å²) in [6.45, 7) is 5.90. The fourth-order valence-electron chi connectivity index (χ4n) is 3.40. The van der Waals surface area contributed by atoms with E-state index in [2.05, 4.69) is 24.5 Å². The molecule has 2 aromatic rings. The van der Waals surface area contributed by atoms with Crippen LogP contribution in [-0.4, -0.2) is 43.5 Å². The first-order valence-electron chi connectivity index (χ1n) is 10.0. The van der Waals surface area contributed by atoms with Gasteiger partial charge in [-0.25, -0.2) is 0 Å². The molecule has 2 N–H and O–H groups in total. The normalized spacial score (nSPS) is 15.5. The average molecular weight is 396 g/mol. The molecule has 29 heavy (non-hydrogen) atoms. The van der Waals surface area contributed by atoms with E-state index in [1.807, 2.05) is 36.4 Å². The van der Waals surface area contributed by atoms with Crippen molar-refractivity contribution >= 4 is 17.5 Å². The maximum Gasteiger partial charge on any atom is 0.256 e. The minimum absolute atomic E-state index is 0.00343. The Balaban J connectivity index is 1.71. The summed E-state index contributed by atoms with van der Waals surface area (Å²) < 4.78 is 5.17. The van der Waals surface area contributed by atoms with Crippen molar-refractivity contribution < 1.29 is 14.3 Å². The zero-order valence-corrected chi connectivity index (χ0v) is 17.3. The highest BCUT2D eigenvalue weighted by Gasteiger charge is 2.36. The van der Waals surface area contributed by atoms with Gasteiger partial charge in [-0.1, -0.05) is 32.0 Å². The lowest BCUT2D eigenvalue weighted by atomic mass is 10.1. The van der Waals surface area contributed by atoms with Crippen LogP contribution in [0.5, 0.6) is 0 Å². The van der Waals surface area contributed by atoms with Crippen LogP contribution in [-0.2, 0) is 4.74 Å². The molecule has 0 spiro atoms. The van der Waals surface area contributed by atoms with Crippen LogP contribution in [0.25, 0.3) is 0 Å². The van der Waals surface area contributed by atoms with E-state index < -0.39 is 0 Å². The molecule has 2 amide bonds. The molecule has 0 radical (unpaired) electrons. The highest BCUT2D eigenvalue weighted by Crippen LogP contribution is 2.34. The first-order chi connectivity index (χ1) is 14.0. The first-order valence-corrected chi connectivity index (χ1v) is 10.0. The summed E-state index contributed by atoms with van der Waals surface area (Å²) in [7, 11) is 1.63. The number of methoxy groups -OCH3 is 1. The number of amides is 2. The second-order valence-electron chi connectivity index (χ2n) is 7.64. The molecular weight excluding hydrogens is 366 g/mol. The van der Waals surface area contributed by atoms with E-state index in [9.17, 15) is 9.59 Å². The van der Waals surface area contributed by atoms with Crippen LogP contribution < -0.4 is 10.6 Å². The van der Waals surface area contributed by atoms with Gasteiger partial charge in [-0.2, -0.15) is 0 Å². The third-order valence-corrected chi connectivity index (χ3v) is 5.05. The van der Waals surface area contributed by atoms with E-state index >= 15 is 0 Å². The average Bonchev–Trinajstić information content (AvgIpc) is 2.98. The molecule has 3 rings (SSSR count). The zero-order chi connectivity index (χ0) is 20.8. The van der Waals surface area contributed by atoms with Gasteiger partial charge in [0.1, 0.15) is 6.17 Å². The summed E-state index contributed by atoms with van der Waals surface area (Å²) in [4.78, 5) is 26.8. The van der Waals surface area contributed by atoms with Crippen LogP contribution in [0.3, 0.4) is 0 Å². The second kappa shape index (κ2) is 9.56. The zero-order valence-electron chi connectivity index (χ0n) is 17.3. The summed E-state index contributed by atoms with van der Waals surface area (Å²) in [5.74, 6) is 0.483. The van der Waals surface area contributed by atoms with Gasteiger partial charge in [-0.05, 0) is 42.7 Å². The number of nitrogens with one attached hydrogen (secondary N) is 2. The SMILES string of the molecule is COCCN1C(=O)c2ccccc2[C@H]1Nc1ccc(C(=O)NCCC(C)C)cc1. The predicted octanol–water partition coefficient (Wildman–Crippen LogP) is 3.68. The molecule has 0 saturated carbocycles. The largest absolute Gasteiger partial charge is 0.383 e. The molecule has 154 valence electrons. The van der Waals surface area contributed by atoms with Crippen molar-refractivity contribution in [2.45, 2.75) is 26.4 Å². The second-order valence-corrected chi connectivity index (χ2v) is 7.64. The fraction of sp³-hybridized carbons (Fsp3) is 0.391. The Morgan fingerprint density at radius 1 is 1.14 bits per heavy atom. The number of ether oxygens (including phenoxy) is 1. The van der Waals surface area contributed by atoms with Gasteiger partial charge in [0.25, 0.3) is 11.8 Å². The maximum atomic E-state index is 12.8. The molecule has 1 aliphatic heterocycles. The molecule has 0 bridgehead atoms. The van der Waals surface area contributed by atoms with E-state index in [4.69, 9.17) is 4.74 Å². The Kier molecular flexibility index (Phi) is 6.88. The van der Waals surface area contributed by atoms with Gasteiger partial charge in [-0.15, -0.1) is 0 Å². The maximum absolute atomic E-state index is 12.8. The van der Waals surface area contributed by atoms with Gasteiger partial charge in [0.05, 0.1) is 6.61 Å². The lowest BCUT2D eigenvalue weighted by Crippen LogP contribution is -2.35. The topological polar surface area (TPSA) is 70.7 Å². The molecule has 0 saturated heterocycles. The lowest BCUT2D eigenvalue weighted by molar-refractivity contribution is 0.0674. The van der Waals surface area contributed by atoms with Crippen molar-refractivity contribution in [1.29, 1.82) is 0 Å². The van der Waals surface area contributed by atoms with Gasteiger partial charge >= 0.3 is 0 Å². The third kappa shape index (κ3) is 4.95. The quantitative estimate of drug-likeness (QED) is 0.680. The van der Waals surface area contributed by atoms with Crippen LogP contribution in [0, 0.1) is 5.92 Å². The number of nitrogens with zero attached hydrogens (tertiary/aromatic N) is 1. The summed E-state index contributed by atoms with van der Waals surface area (Å²) >= 11 is 0. The lowest BCUT2D eigenvalue weighted by Gasteiger charge is -2.27. The van der Waals surface area contributed by atoms with E-state index in [1.54, 1.807) is 24.1 Å². The number of fused-ring (bicyclic) bond motifs is 1. The number of carbonyl (C=O) groups is 2. The van der Waals surface area contributed by atoms with Crippen molar-refractivity contribution in [2.75, 3.05) is 32.1 Å². The number of carbonyl (C=O) groups excluding carboxylic acids is 2. The van der Waals surface area contributed by atoms with Crippen molar-refractivity contribution in [1.82, 2.24) is 10.2 Å². The van der Waals surface area contributed by atoms with Crippen LogP contribution in [0.15, 0.2) is 48.5 Å². The van der Waals surface area contributed by atoms with E-state index in [-0.39, 0.29) is 18.0 Å². The third-order valence-electron chi connectivity index (χ3n) is 5.05. The first kappa shape index (κ1) is 20.9. The molecule has 6 nitrogen and oxygen atoms in total. The molecule has 1 atom stereocenters. The number of anilines is 1. The van der Waals surface area contributed by atoms with Gasteiger partial charge in [0, 0.05) is 42.6 Å². The van der Waals surface area contributed by atoms with Gasteiger partial charge in [-0.3, -0.25) is 9.59 Å². The molecule has 6 heteroatoms. The van der Waals surface area contributed by atoms with Gasteiger partial charge in [0.15, 0.2) is 0 Å². The highest BCUT2D eigenvalue weighted by atomic mass is 16.5. The molecule has 1 heterocycles. The molecule has 2 aromatic carbocycles. The standard InChI is InChI=1S/C23H29N3O3/c1-16(2)12-13-24-22(27)17-8-10-18(11-9-17)25-21-19-6-4-5-7-20(19)23(28)26(21)14-15-29-3/h4-11,16,21,25H,12-15H2,1-3H3,(H,24,27)/t21-/m0/s1. The molecule has 0 fully saturated rings. The summed E-state index contributed by atoms with van der Waals surface area (Å²) in [5.41, 5.74) is 3.13. The van der Waals surface area contributed by atoms with Gasteiger partial charge in [0.2, 0.25) is 0 Å². The smallest absolute Gasteiger partial charge is 0.256 e. The highest BCUT2D eigenvalue weighted by molar-refractivity contribution is 5.99. The number of hydrogen-bond acceptors (Lipinski definition) is 4. The monoisotopic (exact) mass is 395 g/mol. The fourth-order valence-corrected chi connectivity index (χ4v) is 3.40. The molecule has 0 aromatic heterocycles. The summed E-state index contributed by atoms with van der Waals surface area (Å²) in [6.07, 6.45) is 0.692. The van der Waals surface area contributed by atoms with Crippen LogP contribution >= 0.6 is 0 Å². The minimum atomic E-state index is -0.264. The van der Waals surface area contributed by atoms with E-state index in [1.165, 1.54) is 0 Å². The molecule has 0 unspecified atom stereocenters. The Hall–Kier alpha value is -2.86. The van der Waals surface area contributed by atoms with Crippen LogP contribution in [0.2, 0.25) is 0 Å². The molecule has 0 aliphatic carbocycles. The van der Waals surface area contributed by atoms with Crippen molar-refractivity contribution in [3.63, 3.8) is 0 Å². The number of benzene rings is 2. The Morgan fingerprint density at radius 2 is 1.86 bits per heavy atom. The Morgan fingerprint density at radius 3 is 2.55 bits per heavy atom. The minimum Gasteiger partial charge on any atom is -0.383 e. The number of rotatable bonds is 9. The number of hydrogen-bond donors (Lipinski definition) is 2. The predicted molar refractivity (Wildman–Crippen MR) is 114 cm³/mol.